The van der Waals surface area contributed by atoms with E-state index in [4.69, 9.17) is 4.42 Å². The summed E-state index contributed by atoms with van der Waals surface area (Å²) in [6.07, 6.45) is 1.40. The fourth-order valence-electron chi connectivity index (χ4n) is 2.48. The van der Waals surface area contributed by atoms with Gasteiger partial charge in [-0.25, -0.2) is 8.78 Å². The quantitative estimate of drug-likeness (QED) is 0.665. The number of halogens is 2. The van der Waals surface area contributed by atoms with Crippen LogP contribution in [0.5, 0.6) is 0 Å². The summed E-state index contributed by atoms with van der Waals surface area (Å²) in [6, 6.07) is 7.79. The second-order valence-electron chi connectivity index (χ2n) is 5.92. The number of rotatable bonds is 5. The van der Waals surface area contributed by atoms with Gasteiger partial charge >= 0.3 is 0 Å². The van der Waals surface area contributed by atoms with Crippen LogP contribution in [0, 0.1) is 18.6 Å². The van der Waals surface area contributed by atoms with Crippen LogP contribution in [0.4, 0.5) is 13.8 Å². The van der Waals surface area contributed by atoms with Crippen LogP contribution in [0.3, 0.4) is 0 Å². The Labute approximate surface area is 158 Å². The Hall–Kier alpha value is -3.00. The summed E-state index contributed by atoms with van der Waals surface area (Å²) in [5.74, 6) is -2.53. The number of aryl methyl sites for hydroxylation is 1. The summed E-state index contributed by atoms with van der Waals surface area (Å²) in [6.45, 7) is 3.42. The van der Waals surface area contributed by atoms with Crippen LogP contribution in [0.25, 0.3) is 0 Å². The van der Waals surface area contributed by atoms with Crippen molar-refractivity contribution in [3.05, 3.63) is 76.1 Å². The zero-order valence-electron chi connectivity index (χ0n) is 14.5. The molecule has 0 aliphatic rings. The number of hydrogen-bond acceptors (Lipinski definition) is 4. The lowest BCUT2D eigenvalue weighted by molar-refractivity contribution is 0.0942. The molecule has 2 heterocycles. The number of nitrogens with one attached hydrogen (secondary N) is 2. The molecule has 0 aliphatic heterocycles. The Kier molecular flexibility index (Phi) is 5.36. The van der Waals surface area contributed by atoms with Gasteiger partial charge in [-0.3, -0.25) is 9.59 Å². The lowest BCUT2D eigenvalue weighted by atomic mass is 10.1. The Bertz CT molecular complexity index is 983. The van der Waals surface area contributed by atoms with Crippen LogP contribution < -0.4 is 10.6 Å². The van der Waals surface area contributed by atoms with E-state index in [0.29, 0.717) is 21.0 Å². The third-order valence-electron chi connectivity index (χ3n) is 3.90. The molecule has 0 fully saturated rings. The van der Waals surface area contributed by atoms with Crippen molar-refractivity contribution in [1.82, 2.24) is 5.32 Å². The molecular weight excluding hydrogens is 374 g/mol. The molecule has 0 saturated heterocycles. The van der Waals surface area contributed by atoms with Crippen molar-refractivity contribution in [2.45, 2.75) is 19.9 Å². The number of hydrogen-bond donors (Lipinski definition) is 2. The molecule has 1 atom stereocenters. The van der Waals surface area contributed by atoms with Gasteiger partial charge in [0.15, 0.2) is 17.4 Å². The van der Waals surface area contributed by atoms with Gasteiger partial charge in [-0.15, -0.1) is 11.3 Å². The summed E-state index contributed by atoms with van der Waals surface area (Å²) < 4.78 is 31.4. The standard InChI is InChI=1S/C19H16F2N2O3S/c1-10-8-16(23-18(24)15-4-3-7-26-15)27-17(10)19(25)22-11(2)12-5-6-13(20)14(21)9-12/h3-9,11H,1-2H3,(H,22,25)(H,23,24). The van der Waals surface area contributed by atoms with Crippen molar-refractivity contribution in [2.75, 3.05) is 5.32 Å². The molecule has 8 heteroatoms. The topological polar surface area (TPSA) is 71.3 Å². The fourth-order valence-corrected chi connectivity index (χ4v) is 3.45. The highest BCUT2D eigenvalue weighted by Crippen LogP contribution is 2.28. The largest absolute Gasteiger partial charge is 0.459 e. The van der Waals surface area contributed by atoms with E-state index in [9.17, 15) is 18.4 Å². The number of thiophene rings is 1. The molecule has 3 rings (SSSR count). The maximum atomic E-state index is 13.4. The van der Waals surface area contributed by atoms with Crippen LogP contribution in [-0.2, 0) is 0 Å². The van der Waals surface area contributed by atoms with E-state index in [1.807, 2.05) is 0 Å². The van der Waals surface area contributed by atoms with E-state index in [1.165, 1.54) is 18.4 Å². The number of carbonyl (C=O) groups is 2. The number of anilines is 1. The highest BCUT2D eigenvalue weighted by molar-refractivity contribution is 7.18. The predicted octanol–water partition coefficient (Wildman–Crippen LogP) is 4.67. The first-order valence-electron chi connectivity index (χ1n) is 8.06. The van der Waals surface area contributed by atoms with Gasteiger partial charge in [0.25, 0.3) is 11.8 Å². The molecular formula is C19H16F2N2O3S. The number of benzene rings is 1. The molecule has 2 amide bonds. The highest BCUT2D eigenvalue weighted by atomic mass is 32.1. The van der Waals surface area contributed by atoms with Crippen molar-refractivity contribution in [3.63, 3.8) is 0 Å². The summed E-state index contributed by atoms with van der Waals surface area (Å²) >= 11 is 1.12. The molecule has 2 aromatic heterocycles. The van der Waals surface area contributed by atoms with Crippen molar-refractivity contribution in [3.8, 4) is 0 Å². The minimum absolute atomic E-state index is 0.166. The summed E-state index contributed by atoms with van der Waals surface area (Å²) in [7, 11) is 0. The van der Waals surface area contributed by atoms with Crippen molar-refractivity contribution in [2.24, 2.45) is 0 Å². The predicted molar refractivity (Wildman–Crippen MR) is 98.0 cm³/mol. The van der Waals surface area contributed by atoms with E-state index >= 15 is 0 Å². The summed E-state index contributed by atoms with van der Waals surface area (Å²) in [5, 5.41) is 5.92. The molecule has 0 saturated carbocycles. The normalized spacial score (nSPS) is 11.9. The monoisotopic (exact) mass is 390 g/mol. The van der Waals surface area contributed by atoms with E-state index in [-0.39, 0.29) is 11.7 Å². The Morgan fingerprint density at radius 3 is 2.56 bits per heavy atom. The van der Waals surface area contributed by atoms with Crippen LogP contribution >= 0.6 is 11.3 Å². The van der Waals surface area contributed by atoms with Crippen LogP contribution in [0.15, 0.2) is 47.1 Å². The van der Waals surface area contributed by atoms with Gasteiger partial charge in [-0.1, -0.05) is 6.07 Å². The molecule has 2 N–H and O–H groups in total. The number of furan rings is 1. The lowest BCUT2D eigenvalue weighted by Crippen LogP contribution is -2.26. The molecule has 27 heavy (non-hydrogen) atoms. The second kappa shape index (κ2) is 7.71. The van der Waals surface area contributed by atoms with Crippen LogP contribution in [0.2, 0.25) is 0 Å². The highest BCUT2D eigenvalue weighted by Gasteiger charge is 2.19. The average molecular weight is 390 g/mol. The van der Waals surface area contributed by atoms with Gasteiger partial charge in [0.2, 0.25) is 0 Å². The summed E-state index contributed by atoms with van der Waals surface area (Å²) in [5.41, 5.74) is 1.13. The smallest absolute Gasteiger partial charge is 0.291 e. The molecule has 5 nitrogen and oxygen atoms in total. The van der Waals surface area contributed by atoms with Crippen molar-refractivity contribution in [1.29, 1.82) is 0 Å². The Balaban J connectivity index is 1.70. The molecule has 1 unspecified atom stereocenters. The van der Waals surface area contributed by atoms with Gasteiger partial charge < -0.3 is 15.1 Å². The fraction of sp³-hybridized carbons (Fsp3) is 0.158. The van der Waals surface area contributed by atoms with Gasteiger partial charge in [-0.2, -0.15) is 0 Å². The third-order valence-corrected chi connectivity index (χ3v) is 5.05. The van der Waals surface area contributed by atoms with Gasteiger partial charge in [0.1, 0.15) is 0 Å². The molecule has 3 aromatic rings. The van der Waals surface area contributed by atoms with E-state index in [2.05, 4.69) is 10.6 Å². The van der Waals surface area contributed by atoms with Gasteiger partial charge in [-0.05, 0) is 55.3 Å². The molecule has 0 aliphatic carbocycles. The molecule has 140 valence electrons. The first kappa shape index (κ1) is 18.8. The Morgan fingerprint density at radius 2 is 1.89 bits per heavy atom. The lowest BCUT2D eigenvalue weighted by Gasteiger charge is -2.14. The van der Waals surface area contributed by atoms with Gasteiger partial charge in [0, 0.05) is 0 Å². The molecule has 0 spiro atoms. The Morgan fingerprint density at radius 1 is 1.11 bits per heavy atom. The van der Waals surface area contributed by atoms with Crippen molar-refractivity contribution >= 4 is 28.2 Å². The minimum Gasteiger partial charge on any atom is -0.459 e. The maximum Gasteiger partial charge on any atom is 0.291 e. The SMILES string of the molecule is Cc1cc(NC(=O)c2ccco2)sc1C(=O)NC(C)c1ccc(F)c(F)c1. The van der Waals surface area contributed by atoms with Gasteiger partial charge in [0.05, 0.1) is 22.2 Å². The molecule has 0 radical (unpaired) electrons. The third kappa shape index (κ3) is 4.22. The zero-order valence-corrected chi connectivity index (χ0v) is 15.3. The van der Waals surface area contributed by atoms with E-state index < -0.39 is 23.6 Å². The molecule has 1 aromatic carbocycles. The number of carbonyl (C=O) groups excluding carboxylic acids is 2. The first-order chi connectivity index (χ1) is 12.8. The maximum absolute atomic E-state index is 13.4. The second-order valence-corrected chi connectivity index (χ2v) is 6.98. The zero-order chi connectivity index (χ0) is 19.6. The van der Waals surface area contributed by atoms with E-state index in [0.717, 1.165) is 23.5 Å². The average Bonchev–Trinajstić information content (AvgIpc) is 3.27. The molecule has 0 bridgehead atoms. The summed E-state index contributed by atoms with van der Waals surface area (Å²) in [4.78, 5) is 25.0. The van der Waals surface area contributed by atoms with Crippen molar-refractivity contribution < 1.29 is 22.8 Å². The van der Waals surface area contributed by atoms with E-state index in [1.54, 1.807) is 26.0 Å². The minimum atomic E-state index is -0.969. The first-order valence-corrected chi connectivity index (χ1v) is 8.88. The number of amides is 2. The van der Waals surface area contributed by atoms with Crippen LogP contribution in [0.1, 0.15) is 44.3 Å². The van der Waals surface area contributed by atoms with Crippen LogP contribution in [-0.4, -0.2) is 11.8 Å².